The Balaban J connectivity index is 3.27. The first-order valence-electron chi connectivity index (χ1n) is 4.64. The lowest BCUT2D eigenvalue weighted by atomic mass is 10.1. The number of benzene rings is 1. The zero-order valence-electron chi connectivity index (χ0n) is 8.98. The minimum atomic E-state index is -2.40. The Morgan fingerprint density at radius 3 is 2.28 bits per heavy atom. The summed E-state index contributed by atoms with van der Waals surface area (Å²) < 4.78 is 64.8. The zero-order chi connectivity index (χ0) is 14.0. The molecule has 2 nitrogen and oxygen atoms in total. The van der Waals surface area contributed by atoms with Crippen molar-refractivity contribution in [3.63, 3.8) is 0 Å². The summed E-state index contributed by atoms with van der Waals surface area (Å²) in [5.41, 5.74) is -1.58. The number of halogens is 5. The zero-order valence-corrected chi connectivity index (χ0v) is 8.98. The summed E-state index contributed by atoms with van der Waals surface area (Å²) in [5.74, 6) is -9.32. The van der Waals surface area contributed by atoms with Gasteiger partial charge >= 0.3 is 5.97 Å². The van der Waals surface area contributed by atoms with Gasteiger partial charge in [-0.3, -0.25) is 0 Å². The minimum absolute atomic E-state index is 0.143. The fraction of sp³-hybridized carbons (Fsp3) is 0.182. The van der Waals surface area contributed by atoms with Gasteiger partial charge in [0.2, 0.25) is 0 Å². The average molecular weight is 266 g/mol. The van der Waals surface area contributed by atoms with Crippen molar-refractivity contribution < 1.29 is 31.9 Å². The monoisotopic (exact) mass is 266 g/mol. The number of rotatable bonds is 3. The van der Waals surface area contributed by atoms with Crippen molar-refractivity contribution in [2.45, 2.75) is 13.1 Å². The third-order valence-electron chi connectivity index (χ3n) is 2.16. The number of carboxylic acid groups (broad SMARTS) is 1. The quantitative estimate of drug-likeness (QED) is 0.394. The first-order chi connectivity index (χ1) is 8.25. The Morgan fingerprint density at radius 1 is 1.22 bits per heavy atom. The van der Waals surface area contributed by atoms with Crippen LogP contribution in [0.5, 0.6) is 0 Å². The fourth-order valence-corrected chi connectivity index (χ4v) is 1.17. The molecule has 0 aromatic heterocycles. The number of aliphatic carboxylic acids is 1. The predicted molar refractivity (Wildman–Crippen MR) is 51.5 cm³/mol. The normalized spacial score (nSPS) is 13.6. The molecule has 0 aliphatic heterocycles. The van der Waals surface area contributed by atoms with Crippen LogP contribution in [0.4, 0.5) is 22.0 Å². The number of hydrogen-bond donors (Lipinski definition) is 1. The first-order valence-corrected chi connectivity index (χ1v) is 4.64. The molecule has 0 fully saturated rings. The van der Waals surface area contributed by atoms with E-state index in [-0.39, 0.29) is 6.07 Å². The van der Waals surface area contributed by atoms with Crippen molar-refractivity contribution in [3.05, 3.63) is 46.5 Å². The second kappa shape index (κ2) is 5.16. The molecule has 98 valence electrons. The third-order valence-corrected chi connectivity index (χ3v) is 2.16. The van der Waals surface area contributed by atoms with E-state index >= 15 is 0 Å². The Hall–Kier alpha value is -1.92. The van der Waals surface area contributed by atoms with Gasteiger partial charge in [0.1, 0.15) is 6.17 Å². The highest BCUT2D eigenvalue weighted by molar-refractivity contribution is 5.85. The maximum Gasteiger partial charge on any atom is 0.331 e. The van der Waals surface area contributed by atoms with Crippen LogP contribution in [0.15, 0.2) is 17.7 Å². The van der Waals surface area contributed by atoms with Gasteiger partial charge < -0.3 is 5.11 Å². The summed E-state index contributed by atoms with van der Waals surface area (Å²) in [6, 6.07) is 0.143. The molecular formula is C11H7F5O2. The Labute approximate surface area is 98.3 Å². The van der Waals surface area contributed by atoms with Crippen LogP contribution in [0, 0.1) is 23.3 Å². The molecular weight excluding hydrogens is 259 g/mol. The highest BCUT2D eigenvalue weighted by Gasteiger charge is 2.23. The van der Waals surface area contributed by atoms with Crippen molar-refractivity contribution in [2.24, 2.45) is 0 Å². The number of carboxylic acids is 1. The van der Waals surface area contributed by atoms with E-state index in [9.17, 15) is 26.7 Å². The van der Waals surface area contributed by atoms with Crippen LogP contribution in [-0.2, 0) is 4.79 Å². The van der Waals surface area contributed by atoms with Gasteiger partial charge in [0.05, 0.1) is 0 Å². The Morgan fingerprint density at radius 2 is 1.78 bits per heavy atom. The molecule has 1 aromatic carbocycles. The van der Waals surface area contributed by atoms with Gasteiger partial charge in [0.15, 0.2) is 23.3 Å². The number of hydrogen-bond acceptors (Lipinski definition) is 1. The van der Waals surface area contributed by atoms with E-state index in [0.29, 0.717) is 6.08 Å². The predicted octanol–water partition coefficient (Wildman–Crippen LogP) is 3.28. The van der Waals surface area contributed by atoms with Crippen molar-refractivity contribution >= 4 is 5.97 Å². The van der Waals surface area contributed by atoms with Gasteiger partial charge in [0.25, 0.3) is 0 Å². The summed E-state index contributed by atoms with van der Waals surface area (Å²) in [5, 5.41) is 8.46. The number of carbonyl (C=O) groups is 1. The largest absolute Gasteiger partial charge is 0.478 e. The Kier molecular flexibility index (Phi) is 4.05. The van der Waals surface area contributed by atoms with Crippen molar-refractivity contribution in [2.75, 3.05) is 0 Å². The summed E-state index contributed by atoms with van der Waals surface area (Å²) >= 11 is 0. The topological polar surface area (TPSA) is 37.3 Å². The highest BCUT2D eigenvalue weighted by atomic mass is 19.2. The second-order valence-electron chi connectivity index (χ2n) is 3.45. The van der Waals surface area contributed by atoms with Crippen LogP contribution in [0.25, 0.3) is 0 Å². The standard InChI is InChI=1S/C11H7F5O2/c1-4(11(17)18)2-6(12)5-3-7(13)9(15)10(16)8(5)14/h2-3,6H,1H3,(H,17,18). The fourth-order valence-electron chi connectivity index (χ4n) is 1.17. The van der Waals surface area contributed by atoms with Gasteiger partial charge in [-0.1, -0.05) is 0 Å². The molecule has 0 saturated heterocycles. The van der Waals surface area contributed by atoms with E-state index in [1.165, 1.54) is 0 Å². The van der Waals surface area contributed by atoms with Crippen LogP contribution in [0.1, 0.15) is 18.7 Å². The number of alkyl halides is 1. The maximum atomic E-state index is 13.5. The van der Waals surface area contributed by atoms with Crippen molar-refractivity contribution in [3.8, 4) is 0 Å². The highest BCUT2D eigenvalue weighted by Crippen LogP contribution is 2.27. The van der Waals surface area contributed by atoms with Crippen LogP contribution in [0.2, 0.25) is 0 Å². The molecule has 0 spiro atoms. The van der Waals surface area contributed by atoms with Crippen molar-refractivity contribution in [1.82, 2.24) is 0 Å². The van der Waals surface area contributed by atoms with Gasteiger partial charge in [-0.15, -0.1) is 0 Å². The lowest BCUT2D eigenvalue weighted by Crippen LogP contribution is -2.04. The van der Waals surface area contributed by atoms with E-state index in [4.69, 9.17) is 5.11 Å². The van der Waals surface area contributed by atoms with Crippen LogP contribution >= 0.6 is 0 Å². The summed E-state index contributed by atoms with van der Waals surface area (Å²) in [6.07, 6.45) is -1.94. The second-order valence-corrected chi connectivity index (χ2v) is 3.45. The lowest BCUT2D eigenvalue weighted by Gasteiger charge is -2.08. The molecule has 1 rings (SSSR count). The molecule has 1 unspecified atom stereocenters. The number of allylic oxidation sites excluding steroid dienone is 1. The first kappa shape index (κ1) is 14.1. The summed E-state index contributed by atoms with van der Waals surface area (Å²) in [4.78, 5) is 10.4. The molecule has 0 saturated carbocycles. The molecule has 7 heteroatoms. The molecule has 0 aliphatic rings. The molecule has 1 atom stereocenters. The van der Waals surface area contributed by atoms with E-state index in [1.807, 2.05) is 0 Å². The molecule has 1 aromatic rings. The van der Waals surface area contributed by atoms with Crippen LogP contribution in [0.3, 0.4) is 0 Å². The van der Waals surface area contributed by atoms with Crippen molar-refractivity contribution in [1.29, 1.82) is 0 Å². The van der Waals surface area contributed by atoms with Gasteiger partial charge in [-0.05, 0) is 19.1 Å². The lowest BCUT2D eigenvalue weighted by molar-refractivity contribution is -0.132. The molecule has 0 radical (unpaired) electrons. The molecule has 1 N–H and O–H groups in total. The van der Waals surface area contributed by atoms with E-state index < -0.39 is 46.5 Å². The summed E-state index contributed by atoms with van der Waals surface area (Å²) in [6.45, 7) is 1.02. The van der Waals surface area contributed by atoms with Gasteiger partial charge in [-0.25, -0.2) is 26.7 Å². The van der Waals surface area contributed by atoms with E-state index in [2.05, 4.69) is 0 Å². The molecule has 18 heavy (non-hydrogen) atoms. The summed E-state index contributed by atoms with van der Waals surface area (Å²) in [7, 11) is 0. The van der Waals surface area contributed by atoms with E-state index in [0.717, 1.165) is 6.92 Å². The molecule has 0 heterocycles. The van der Waals surface area contributed by atoms with E-state index in [1.54, 1.807) is 0 Å². The van der Waals surface area contributed by atoms with Gasteiger partial charge in [-0.2, -0.15) is 0 Å². The molecule has 0 amide bonds. The van der Waals surface area contributed by atoms with Crippen LogP contribution < -0.4 is 0 Å². The molecule has 0 aliphatic carbocycles. The van der Waals surface area contributed by atoms with Crippen LogP contribution in [-0.4, -0.2) is 11.1 Å². The third kappa shape index (κ3) is 2.66. The molecule has 0 bridgehead atoms. The van der Waals surface area contributed by atoms with Gasteiger partial charge in [0, 0.05) is 11.1 Å². The minimum Gasteiger partial charge on any atom is -0.478 e. The SMILES string of the molecule is CC(=CC(F)c1cc(F)c(F)c(F)c1F)C(=O)O. The average Bonchev–Trinajstić information content (AvgIpc) is 2.30. The maximum absolute atomic E-state index is 13.5. The smallest absolute Gasteiger partial charge is 0.331 e. The Bertz CT molecular complexity index is 525.